The van der Waals surface area contributed by atoms with Crippen LogP contribution in [0.4, 0.5) is 8.78 Å². The summed E-state index contributed by atoms with van der Waals surface area (Å²) in [5.41, 5.74) is -0.577. The summed E-state index contributed by atoms with van der Waals surface area (Å²) < 4.78 is 25.9. The van der Waals surface area contributed by atoms with Crippen molar-refractivity contribution in [3.8, 4) is 0 Å². The molecule has 15 heavy (non-hydrogen) atoms. The summed E-state index contributed by atoms with van der Waals surface area (Å²) in [4.78, 5) is 0. The van der Waals surface area contributed by atoms with E-state index in [0.717, 1.165) is 19.3 Å². The molecule has 0 aliphatic heterocycles. The molecule has 0 aromatic rings. The first-order valence-electron chi connectivity index (χ1n) is 6.08. The third kappa shape index (κ3) is 2.17. The van der Waals surface area contributed by atoms with Crippen molar-refractivity contribution < 1.29 is 13.9 Å². The van der Waals surface area contributed by atoms with E-state index >= 15 is 0 Å². The summed E-state index contributed by atoms with van der Waals surface area (Å²) in [5, 5.41) is 10.3. The quantitative estimate of drug-likeness (QED) is 0.770. The predicted molar refractivity (Wildman–Crippen MR) is 54.9 cm³/mol. The molecule has 0 radical (unpaired) electrons. The Morgan fingerprint density at radius 3 is 2.40 bits per heavy atom. The lowest BCUT2D eigenvalue weighted by Crippen LogP contribution is -2.33. The summed E-state index contributed by atoms with van der Waals surface area (Å²) in [7, 11) is 0. The van der Waals surface area contributed by atoms with Crippen LogP contribution in [0.5, 0.6) is 0 Å². The van der Waals surface area contributed by atoms with E-state index in [0.29, 0.717) is 18.8 Å². The average molecular weight is 218 g/mol. The molecule has 2 fully saturated rings. The normalized spacial score (nSPS) is 40.4. The molecule has 1 N–H and O–H groups in total. The highest BCUT2D eigenvalue weighted by atomic mass is 19.3. The SMILES string of the molecule is CCCC1CC1(O)C1CCC(F)(F)CC1. The van der Waals surface area contributed by atoms with Crippen LogP contribution < -0.4 is 0 Å². The fourth-order valence-electron chi connectivity index (χ4n) is 3.08. The molecule has 2 saturated carbocycles. The molecule has 2 rings (SSSR count). The molecule has 0 bridgehead atoms. The molecule has 0 heterocycles. The van der Waals surface area contributed by atoms with Gasteiger partial charge in [-0.25, -0.2) is 8.78 Å². The van der Waals surface area contributed by atoms with Crippen LogP contribution in [0.1, 0.15) is 51.9 Å². The van der Waals surface area contributed by atoms with E-state index in [1.165, 1.54) is 0 Å². The maximum atomic E-state index is 12.9. The molecule has 0 amide bonds. The molecule has 2 unspecified atom stereocenters. The van der Waals surface area contributed by atoms with Crippen molar-refractivity contribution in [3.05, 3.63) is 0 Å². The van der Waals surface area contributed by atoms with Crippen LogP contribution in [0.15, 0.2) is 0 Å². The van der Waals surface area contributed by atoms with Crippen LogP contribution in [-0.4, -0.2) is 16.6 Å². The van der Waals surface area contributed by atoms with Crippen LogP contribution in [0, 0.1) is 11.8 Å². The lowest BCUT2D eigenvalue weighted by molar-refractivity contribution is -0.0699. The highest BCUT2D eigenvalue weighted by Gasteiger charge is 2.58. The number of halogens is 2. The monoisotopic (exact) mass is 218 g/mol. The van der Waals surface area contributed by atoms with E-state index in [-0.39, 0.29) is 18.8 Å². The first kappa shape index (κ1) is 11.3. The van der Waals surface area contributed by atoms with Gasteiger partial charge in [-0.2, -0.15) is 0 Å². The molecular formula is C12H20F2O. The maximum absolute atomic E-state index is 12.9. The lowest BCUT2D eigenvalue weighted by atomic mass is 9.81. The van der Waals surface area contributed by atoms with E-state index < -0.39 is 11.5 Å². The summed E-state index contributed by atoms with van der Waals surface area (Å²) in [5.74, 6) is -1.95. The molecular weight excluding hydrogens is 198 g/mol. The molecule has 0 aromatic carbocycles. The van der Waals surface area contributed by atoms with Crippen molar-refractivity contribution in [2.24, 2.45) is 11.8 Å². The van der Waals surface area contributed by atoms with Crippen molar-refractivity contribution in [3.63, 3.8) is 0 Å². The van der Waals surface area contributed by atoms with Gasteiger partial charge in [-0.1, -0.05) is 13.3 Å². The van der Waals surface area contributed by atoms with Crippen LogP contribution in [-0.2, 0) is 0 Å². The summed E-state index contributed by atoms with van der Waals surface area (Å²) in [6.07, 6.45) is 3.92. The number of hydrogen-bond donors (Lipinski definition) is 1. The Labute approximate surface area is 89.9 Å². The standard InChI is InChI=1S/C12H20F2O/c1-2-3-10-8-12(10,15)9-4-6-11(13,14)7-5-9/h9-10,15H,2-8H2,1H3. The van der Waals surface area contributed by atoms with Crippen LogP contribution in [0.25, 0.3) is 0 Å². The molecule has 0 saturated heterocycles. The lowest BCUT2D eigenvalue weighted by Gasteiger charge is -2.32. The van der Waals surface area contributed by atoms with Gasteiger partial charge in [0.25, 0.3) is 0 Å². The smallest absolute Gasteiger partial charge is 0.248 e. The van der Waals surface area contributed by atoms with Gasteiger partial charge < -0.3 is 5.11 Å². The fraction of sp³-hybridized carbons (Fsp3) is 1.00. The first-order valence-corrected chi connectivity index (χ1v) is 6.08. The largest absolute Gasteiger partial charge is 0.389 e. The van der Waals surface area contributed by atoms with E-state index in [1.807, 2.05) is 0 Å². The van der Waals surface area contributed by atoms with E-state index in [9.17, 15) is 13.9 Å². The van der Waals surface area contributed by atoms with Gasteiger partial charge in [0, 0.05) is 12.8 Å². The maximum Gasteiger partial charge on any atom is 0.248 e. The Hall–Kier alpha value is -0.180. The van der Waals surface area contributed by atoms with Gasteiger partial charge in [-0.3, -0.25) is 0 Å². The highest BCUT2D eigenvalue weighted by molar-refractivity contribution is 5.08. The summed E-state index contributed by atoms with van der Waals surface area (Å²) in [6.45, 7) is 2.10. The van der Waals surface area contributed by atoms with Crippen molar-refractivity contribution >= 4 is 0 Å². The topological polar surface area (TPSA) is 20.2 Å². The second-order valence-electron chi connectivity index (χ2n) is 5.31. The summed E-state index contributed by atoms with van der Waals surface area (Å²) >= 11 is 0. The molecule has 2 atom stereocenters. The molecule has 0 spiro atoms. The van der Waals surface area contributed by atoms with Gasteiger partial charge in [0.1, 0.15) is 0 Å². The number of alkyl halides is 2. The highest BCUT2D eigenvalue weighted by Crippen LogP contribution is 2.56. The van der Waals surface area contributed by atoms with Crippen LogP contribution in [0.2, 0.25) is 0 Å². The van der Waals surface area contributed by atoms with Gasteiger partial charge in [0.15, 0.2) is 0 Å². The molecule has 1 nitrogen and oxygen atoms in total. The van der Waals surface area contributed by atoms with E-state index in [2.05, 4.69) is 6.92 Å². The van der Waals surface area contributed by atoms with Crippen LogP contribution in [0.3, 0.4) is 0 Å². The zero-order chi connectivity index (χ0) is 11.1. The number of hydrogen-bond acceptors (Lipinski definition) is 1. The molecule has 3 heteroatoms. The Bertz CT molecular complexity index is 232. The van der Waals surface area contributed by atoms with Gasteiger partial charge >= 0.3 is 0 Å². The molecule has 2 aliphatic carbocycles. The fourth-order valence-corrected chi connectivity index (χ4v) is 3.08. The Kier molecular flexibility index (Phi) is 2.78. The third-order valence-electron chi connectivity index (χ3n) is 4.18. The Morgan fingerprint density at radius 2 is 1.87 bits per heavy atom. The Morgan fingerprint density at radius 1 is 1.27 bits per heavy atom. The third-order valence-corrected chi connectivity index (χ3v) is 4.18. The average Bonchev–Trinajstić information content (AvgIpc) is 2.78. The number of aliphatic hydroxyl groups is 1. The predicted octanol–water partition coefficient (Wildman–Crippen LogP) is 3.36. The zero-order valence-corrected chi connectivity index (χ0v) is 9.31. The van der Waals surface area contributed by atoms with Gasteiger partial charge in [-0.05, 0) is 37.5 Å². The van der Waals surface area contributed by atoms with Gasteiger partial charge in [-0.15, -0.1) is 0 Å². The second-order valence-corrected chi connectivity index (χ2v) is 5.31. The zero-order valence-electron chi connectivity index (χ0n) is 9.31. The van der Waals surface area contributed by atoms with Crippen molar-refractivity contribution in [2.75, 3.05) is 0 Å². The molecule has 88 valence electrons. The molecule has 2 aliphatic rings. The van der Waals surface area contributed by atoms with Gasteiger partial charge in [0.2, 0.25) is 5.92 Å². The minimum Gasteiger partial charge on any atom is -0.389 e. The van der Waals surface area contributed by atoms with Crippen molar-refractivity contribution in [2.45, 2.75) is 63.4 Å². The van der Waals surface area contributed by atoms with Crippen LogP contribution >= 0.6 is 0 Å². The Balaban J connectivity index is 1.87. The van der Waals surface area contributed by atoms with Crippen molar-refractivity contribution in [1.82, 2.24) is 0 Å². The minimum absolute atomic E-state index is 0.0289. The van der Waals surface area contributed by atoms with E-state index in [1.54, 1.807) is 0 Å². The summed E-state index contributed by atoms with van der Waals surface area (Å²) in [6, 6.07) is 0. The second kappa shape index (κ2) is 3.69. The van der Waals surface area contributed by atoms with E-state index in [4.69, 9.17) is 0 Å². The van der Waals surface area contributed by atoms with Crippen molar-refractivity contribution in [1.29, 1.82) is 0 Å². The molecule has 0 aromatic heterocycles. The van der Waals surface area contributed by atoms with Gasteiger partial charge in [0.05, 0.1) is 5.60 Å². The first-order chi connectivity index (χ1) is 6.98. The minimum atomic E-state index is -2.47. The number of rotatable bonds is 3.